The second-order valence-corrected chi connectivity index (χ2v) is 6.03. The number of hydrazone groups is 1. The van der Waals surface area contributed by atoms with Crippen molar-refractivity contribution >= 4 is 44.5 Å². The number of anilines is 1. The second kappa shape index (κ2) is 6.68. The number of hydrogen-bond acceptors (Lipinski definition) is 6. The van der Waals surface area contributed by atoms with Crippen molar-refractivity contribution < 1.29 is 9.90 Å². The average molecular weight is 369 g/mol. The van der Waals surface area contributed by atoms with Crippen LogP contribution in [-0.4, -0.2) is 22.2 Å². The van der Waals surface area contributed by atoms with Crippen LogP contribution in [-0.2, 0) is 6.42 Å². The molecule has 0 saturated heterocycles. The van der Waals surface area contributed by atoms with Crippen LogP contribution in [0.2, 0.25) is 0 Å². The highest BCUT2D eigenvalue weighted by molar-refractivity contribution is 9.10. The van der Waals surface area contributed by atoms with Gasteiger partial charge in [-0.3, -0.25) is 4.79 Å². The predicted molar refractivity (Wildman–Crippen MR) is 86.8 cm³/mol. The van der Waals surface area contributed by atoms with Crippen molar-refractivity contribution in [3.63, 3.8) is 0 Å². The Morgan fingerprint density at radius 1 is 1.62 bits per heavy atom. The lowest BCUT2D eigenvalue weighted by molar-refractivity contribution is 0.0958. The van der Waals surface area contributed by atoms with Gasteiger partial charge in [0.15, 0.2) is 5.13 Å². The first-order valence-corrected chi connectivity index (χ1v) is 7.69. The molecule has 8 heteroatoms. The monoisotopic (exact) mass is 368 g/mol. The van der Waals surface area contributed by atoms with Crippen molar-refractivity contribution in [1.82, 2.24) is 10.4 Å². The number of rotatable bonds is 4. The Bertz CT molecular complexity index is 699. The fraction of sp³-hybridized carbons (Fsp3) is 0.154. The molecule has 4 N–H and O–H groups in total. The van der Waals surface area contributed by atoms with E-state index < -0.39 is 0 Å². The topological polar surface area (TPSA) is 101 Å². The molecule has 0 bridgehead atoms. The van der Waals surface area contributed by atoms with Crippen molar-refractivity contribution in [2.24, 2.45) is 5.10 Å². The lowest BCUT2D eigenvalue weighted by Gasteiger charge is -2.00. The molecular weight excluding hydrogens is 356 g/mol. The molecule has 1 amide bonds. The molecule has 110 valence electrons. The van der Waals surface area contributed by atoms with E-state index in [1.165, 1.54) is 12.3 Å². The molecular formula is C13H13BrN4O2S. The zero-order valence-electron chi connectivity index (χ0n) is 11.1. The van der Waals surface area contributed by atoms with Crippen LogP contribution >= 0.6 is 27.3 Å². The number of halogens is 1. The lowest BCUT2D eigenvalue weighted by Crippen LogP contribution is -2.17. The van der Waals surface area contributed by atoms with Gasteiger partial charge in [0.05, 0.1) is 11.9 Å². The number of aromatic hydroxyl groups is 1. The maximum Gasteiger partial charge on any atom is 0.283 e. The Morgan fingerprint density at radius 3 is 3.10 bits per heavy atom. The highest BCUT2D eigenvalue weighted by Crippen LogP contribution is 2.21. The first kappa shape index (κ1) is 15.5. The molecule has 1 heterocycles. The Balaban J connectivity index is 2.10. The quantitative estimate of drug-likeness (QED) is 0.569. The summed E-state index contributed by atoms with van der Waals surface area (Å²) >= 11 is 4.42. The molecule has 0 spiro atoms. The molecule has 0 saturated carbocycles. The first-order valence-electron chi connectivity index (χ1n) is 6.08. The number of nitrogens with one attached hydrogen (secondary N) is 1. The molecule has 2 aromatic rings. The third-order valence-electron chi connectivity index (χ3n) is 2.61. The molecule has 0 aliphatic carbocycles. The van der Waals surface area contributed by atoms with Gasteiger partial charge in [-0.25, -0.2) is 10.4 Å². The zero-order chi connectivity index (χ0) is 15.4. The number of aryl methyl sites for hydroxylation is 1. The summed E-state index contributed by atoms with van der Waals surface area (Å²) in [6, 6.07) is 4.93. The van der Waals surface area contributed by atoms with Crippen molar-refractivity contribution in [1.29, 1.82) is 0 Å². The normalized spacial score (nSPS) is 11.0. The van der Waals surface area contributed by atoms with Crippen LogP contribution < -0.4 is 11.2 Å². The summed E-state index contributed by atoms with van der Waals surface area (Å²) in [5.74, 6) is -0.292. The summed E-state index contributed by atoms with van der Waals surface area (Å²) in [7, 11) is 0. The van der Waals surface area contributed by atoms with Gasteiger partial charge in [0.2, 0.25) is 0 Å². The van der Waals surface area contributed by atoms with Gasteiger partial charge in [-0.1, -0.05) is 34.2 Å². The standard InChI is InChI=1S/C13H13BrN4O2S/c1-2-9-11(21-13(15)17-9)12(20)18-16-6-7-5-8(14)3-4-10(7)19/h3-6,19H,2H2,1H3,(H2,15,17)(H,18,20)/b16-6-. The summed E-state index contributed by atoms with van der Waals surface area (Å²) in [6.07, 6.45) is 1.99. The number of nitrogen functional groups attached to an aromatic ring is 1. The number of nitrogens with zero attached hydrogens (tertiary/aromatic N) is 2. The summed E-state index contributed by atoms with van der Waals surface area (Å²) in [5.41, 5.74) is 9.14. The van der Waals surface area contributed by atoms with E-state index in [2.05, 4.69) is 31.4 Å². The zero-order valence-corrected chi connectivity index (χ0v) is 13.5. The largest absolute Gasteiger partial charge is 0.507 e. The van der Waals surface area contributed by atoms with Crippen LogP contribution in [0.4, 0.5) is 5.13 Å². The molecule has 21 heavy (non-hydrogen) atoms. The SMILES string of the molecule is CCc1nc(N)sc1C(=O)N/N=C\c1cc(Br)ccc1O. The van der Waals surface area contributed by atoms with E-state index in [-0.39, 0.29) is 11.7 Å². The molecule has 0 radical (unpaired) electrons. The van der Waals surface area contributed by atoms with E-state index in [0.717, 1.165) is 15.8 Å². The number of carbonyl (C=O) groups excluding carboxylic acids is 1. The molecule has 0 atom stereocenters. The van der Waals surface area contributed by atoms with Crippen molar-refractivity contribution in [3.8, 4) is 5.75 Å². The van der Waals surface area contributed by atoms with Crippen LogP contribution in [0, 0.1) is 0 Å². The number of carbonyl (C=O) groups is 1. The van der Waals surface area contributed by atoms with Gasteiger partial charge in [0.1, 0.15) is 10.6 Å². The van der Waals surface area contributed by atoms with Crippen LogP contribution in [0.1, 0.15) is 27.9 Å². The molecule has 1 aromatic carbocycles. The van der Waals surface area contributed by atoms with Gasteiger partial charge in [-0.2, -0.15) is 5.10 Å². The van der Waals surface area contributed by atoms with E-state index in [9.17, 15) is 9.90 Å². The van der Waals surface area contributed by atoms with E-state index in [0.29, 0.717) is 27.7 Å². The van der Waals surface area contributed by atoms with E-state index >= 15 is 0 Å². The number of phenolic OH excluding ortho intramolecular Hbond substituents is 1. The van der Waals surface area contributed by atoms with Crippen molar-refractivity contribution in [2.45, 2.75) is 13.3 Å². The van der Waals surface area contributed by atoms with Crippen molar-refractivity contribution in [2.75, 3.05) is 5.73 Å². The number of hydrogen-bond donors (Lipinski definition) is 3. The third-order valence-corrected chi connectivity index (χ3v) is 4.03. The molecule has 6 nitrogen and oxygen atoms in total. The van der Waals surface area contributed by atoms with E-state index in [4.69, 9.17) is 5.73 Å². The van der Waals surface area contributed by atoms with Crippen LogP contribution in [0.15, 0.2) is 27.8 Å². The molecule has 1 aromatic heterocycles. The number of thiazole rings is 1. The third kappa shape index (κ3) is 3.79. The van der Waals surface area contributed by atoms with Gasteiger partial charge >= 0.3 is 0 Å². The van der Waals surface area contributed by atoms with Gasteiger partial charge in [0.25, 0.3) is 5.91 Å². The molecule has 0 unspecified atom stereocenters. The maximum absolute atomic E-state index is 12.0. The van der Waals surface area contributed by atoms with Crippen LogP contribution in [0.5, 0.6) is 5.75 Å². The summed E-state index contributed by atoms with van der Waals surface area (Å²) in [5, 5.41) is 13.8. The minimum Gasteiger partial charge on any atom is -0.507 e. The van der Waals surface area contributed by atoms with Gasteiger partial charge < -0.3 is 10.8 Å². The number of phenols is 1. The molecule has 0 fully saturated rings. The average Bonchev–Trinajstić information content (AvgIpc) is 2.83. The Labute approximate surface area is 133 Å². The number of amides is 1. The van der Waals surface area contributed by atoms with Gasteiger partial charge in [-0.05, 0) is 24.6 Å². The predicted octanol–water partition coefficient (Wildman–Crippen LogP) is 2.52. The fourth-order valence-electron chi connectivity index (χ4n) is 1.63. The maximum atomic E-state index is 12.0. The van der Waals surface area contributed by atoms with E-state index in [1.807, 2.05) is 6.92 Å². The molecule has 0 aliphatic rings. The molecule has 2 rings (SSSR count). The van der Waals surface area contributed by atoms with Crippen LogP contribution in [0.25, 0.3) is 0 Å². The number of aromatic nitrogens is 1. The summed E-state index contributed by atoms with van der Waals surface area (Å²) in [6.45, 7) is 1.90. The Kier molecular flexibility index (Phi) is 4.92. The summed E-state index contributed by atoms with van der Waals surface area (Å²) in [4.78, 5) is 16.5. The number of nitrogens with two attached hydrogens (primary N) is 1. The summed E-state index contributed by atoms with van der Waals surface area (Å²) < 4.78 is 0.802. The smallest absolute Gasteiger partial charge is 0.283 e. The molecule has 0 aliphatic heterocycles. The van der Waals surface area contributed by atoms with E-state index in [1.54, 1.807) is 12.1 Å². The van der Waals surface area contributed by atoms with Crippen LogP contribution in [0.3, 0.4) is 0 Å². The lowest BCUT2D eigenvalue weighted by atomic mass is 10.2. The van der Waals surface area contributed by atoms with Gasteiger partial charge in [0, 0.05) is 10.0 Å². The highest BCUT2D eigenvalue weighted by atomic mass is 79.9. The fourth-order valence-corrected chi connectivity index (χ4v) is 2.82. The van der Waals surface area contributed by atoms with Gasteiger partial charge in [-0.15, -0.1) is 0 Å². The highest BCUT2D eigenvalue weighted by Gasteiger charge is 2.15. The minimum atomic E-state index is -0.369. The second-order valence-electron chi connectivity index (χ2n) is 4.08. The Hall–Kier alpha value is -1.93. The Morgan fingerprint density at radius 2 is 2.38 bits per heavy atom. The number of benzene rings is 1. The minimum absolute atomic E-state index is 0.0764. The first-order chi connectivity index (χ1) is 10.0. The van der Waals surface area contributed by atoms with Crippen molar-refractivity contribution in [3.05, 3.63) is 38.8 Å².